The van der Waals surface area contributed by atoms with Gasteiger partial charge in [0.15, 0.2) is 0 Å². The predicted octanol–water partition coefficient (Wildman–Crippen LogP) is 2.46. The van der Waals surface area contributed by atoms with Gasteiger partial charge in [0, 0.05) is 18.1 Å². The summed E-state index contributed by atoms with van der Waals surface area (Å²) in [5.41, 5.74) is 1.48. The van der Waals surface area contributed by atoms with Gasteiger partial charge in [0.1, 0.15) is 6.04 Å². The highest BCUT2D eigenvalue weighted by Crippen LogP contribution is 2.39. The number of carbonyl (C=O) groups is 1. The molecule has 4 heteroatoms. The third kappa shape index (κ3) is 2.25. The number of fused-ring (bicyclic) bond motifs is 1. The van der Waals surface area contributed by atoms with Gasteiger partial charge in [-0.3, -0.25) is 9.69 Å². The highest BCUT2D eigenvalue weighted by atomic mass is 35.5. The molecule has 0 aromatic rings. The lowest BCUT2D eigenvalue weighted by Gasteiger charge is -2.32. The van der Waals surface area contributed by atoms with Crippen LogP contribution in [0.25, 0.3) is 0 Å². The van der Waals surface area contributed by atoms with E-state index in [0.29, 0.717) is 18.5 Å². The second-order valence-corrected chi connectivity index (χ2v) is 5.01. The van der Waals surface area contributed by atoms with E-state index in [1.165, 1.54) is 24.8 Å². The van der Waals surface area contributed by atoms with Gasteiger partial charge in [-0.15, -0.1) is 0 Å². The molecule has 0 spiro atoms. The first-order valence-corrected chi connectivity index (χ1v) is 6.41. The summed E-state index contributed by atoms with van der Waals surface area (Å²) in [7, 11) is 0. The van der Waals surface area contributed by atoms with Crippen LogP contribution in [0.15, 0.2) is 11.6 Å². The van der Waals surface area contributed by atoms with Crippen LogP contribution in [0, 0.1) is 5.92 Å². The van der Waals surface area contributed by atoms with Crippen molar-refractivity contribution in [2.75, 3.05) is 6.54 Å². The van der Waals surface area contributed by atoms with Gasteiger partial charge in [0.2, 0.25) is 0 Å². The third-order valence-corrected chi connectivity index (χ3v) is 4.09. The lowest BCUT2D eigenvalue weighted by molar-refractivity contribution is -0.142. The van der Waals surface area contributed by atoms with Crippen molar-refractivity contribution >= 4 is 17.6 Å². The number of hydrogen-bond acceptors (Lipinski definition) is 2. The van der Waals surface area contributed by atoms with Crippen molar-refractivity contribution < 1.29 is 9.90 Å². The van der Waals surface area contributed by atoms with E-state index >= 15 is 0 Å². The molecule has 2 rings (SSSR count). The minimum absolute atomic E-state index is 0.305. The number of hydrogen-bond donors (Lipinski definition) is 1. The van der Waals surface area contributed by atoms with Gasteiger partial charge in [0.05, 0.1) is 0 Å². The second-order valence-electron chi connectivity index (χ2n) is 4.76. The molecule has 0 radical (unpaired) electrons. The quantitative estimate of drug-likeness (QED) is 0.828. The zero-order chi connectivity index (χ0) is 11.5. The van der Waals surface area contributed by atoms with Gasteiger partial charge in [-0.1, -0.05) is 30.5 Å². The molecule has 1 heterocycles. The number of halogens is 1. The summed E-state index contributed by atoms with van der Waals surface area (Å²) < 4.78 is 0. The van der Waals surface area contributed by atoms with Crippen molar-refractivity contribution in [1.82, 2.24) is 4.90 Å². The normalized spacial score (nSPS) is 35.4. The minimum atomic E-state index is -0.683. The number of nitrogens with zero attached hydrogens (tertiary/aromatic N) is 1. The van der Waals surface area contributed by atoms with E-state index in [1.54, 1.807) is 0 Å². The molecule has 3 unspecified atom stereocenters. The molecule has 0 bridgehead atoms. The van der Waals surface area contributed by atoms with Crippen LogP contribution in [0.4, 0.5) is 0 Å². The topological polar surface area (TPSA) is 40.5 Å². The van der Waals surface area contributed by atoms with Crippen LogP contribution in [-0.2, 0) is 4.79 Å². The maximum absolute atomic E-state index is 11.2. The Kier molecular flexibility index (Phi) is 3.87. The minimum Gasteiger partial charge on any atom is -0.480 e. The Morgan fingerprint density at radius 1 is 1.44 bits per heavy atom. The Labute approximate surface area is 101 Å². The molecule has 0 amide bonds. The van der Waals surface area contributed by atoms with Crippen molar-refractivity contribution in [1.29, 1.82) is 0 Å². The summed E-state index contributed by atoms with van der Waals surface area (Å²) in [5, 5.41) is 9.23. The van der Waals surface area contributed by atoms with Crippen LogP contribution in [0.2, 0.25) is 0 Å². The van der Waals surface area contributed by atoms with Gasteiger partial charge in [-0.05, 0) is 25.2 Å². The van der Waals surface area contributed by atoms with E-state index in [-0.39, 0.29) is 6.04 Å². The first-order chi connectivity index (χ1) is 7.74. The second kappa shape index (κ2) is 5.19. The maximum Gasteiger partial charge on any atom is 0.320 e. The van der Waals surface area contributed by atoms with Crippen molar-refractivity contribution in [3.8, 4) is 0 Å². The van der Waals surface area contributed by atoms with Gasteiger partial charge in [-0.25, -0.2) is 0 Å². The Morgan fingerprint density at radius 3 is 2.88 bits per heavy atom. The molecule has 0 aromatic carbocycles. The Bertz CT molecular complexity index is 293. The maximum atomic E-state index is 11.2. The van der Waals surface area contributed by atoms with E-state index in [1.807, 2.05) is 6.08 Å². The molecular weight excluding hydrogens is 226 g/mol. The average Bonchev–Trinajstić information content (AvgIpc) is 2.65. The van der Waals surface area contributed by atoms with Crippen molar-refractivity contribution in [3.05, 3.63) is 11.6 Å². The highest BCUT2D eigenvalue weighted by molar-refractivity contribution is 6.25. The van der Waals surface area contributed by atoms with Crippen LogP contribution in [0.3, 0.4) is 0 Å². The van der Waals surface area contributed by atoms with Crippen LogP contribution in [0.5, 0.6) is 0 Å². The fourth-order valence-corrected chi connectivity index (χ4v) is 3.30. The molecule has 1 N–H and O–H groups in total. The Hall–Kier alpha value is -0.540. The summed E-state index contributed by atoms with van der Waals surface area (Å²) in [6.45, 7) is 0.668. The van der Waals surface area contributed by atoms with E-state index in [4.69, 9.17) is 11.6 Å². The predicted molar refractivity (Wildman–Crippen MR) is 63.5 cm³/mol. The van der Waals surface area contributed by atoms with Crippen molar-refractivity contribution in [2.24, 2.45) is 5.92 Å². The zero-order valence-corrected chi connectivity index (χ0v) is 10.1. The molecule has 0 aromatic heterocycles. The molecule has 1 saturated heterocycles. The number of aliphatic carboxylic acids is 1. The summed E-state index contributed by atoms with van der Waals surface area (Å²) in [6, 6.07) is 0.156. The summed E-state index contributed by atoms with van der Waals surface area (Å²) in [4.78, 5) is 13.3. The molecular formula is C12H18ClNO2. The molecule has 16 heavy (non-hydrogen) atoms. The Morgan fingerprint density at radius 2 is 2.19 bits per heavy atom. The lowest BCUT2D eigenvalue weighted by Crippen LogP contribution is -2.42. The third-order valence-electron chi connectivity index (χ3n) is 3.91. The van der Waals surface area contributed by atoms with Gasteiger partial charge >= 0.3 is 5.97 Å². The van der Waals surface area contributed by atoms with Gasteiger partial charge < -0.3 is 5.11 Å². The first kappa shape index (κ1) is 11.9. The fraction of sp³-hybridized carbons (Fsp3) is 0.750. The smallest absolute Gasteiger partial charge is 0.320 e. The number of carboxylic acids is 1. The molecule has 1 saturated carbocycles. The molecule has 90 valence electrons. The van der Waals surface area contributed by atoms with E-state index in [0.717, 1.165) is 12.8 Å². The molecule has 1 aliphatic carbocycles. The van der Waals surface area contributed by atoms with Crippen LogP contribution >= 0.6 is 11.6 Å². The van der Waals surface area contributed by atoms with Gasteiger partial charge in [-0.2, -0.15) is 0 Å². The van der Waals surface area contributed by atoms with Crippen molar-refractivity contribution in [2.45, 2.75) is 44.2 Å². The lowest BCUT2D eigenvalue weighted by atomic mass is 9.85. The number of likely N-dealkylation sites (tertiary alicyclic amines) is 1. The zero-order valence-electron chi connectivity index (χ0n) is 9.31. The summed E-state index contributed by atoms with van der Waals surface area (Å²) in [5.74, 6) is -0.101. The summed E-state index contributed by atoms with van der Waals surface area (Å²) >= 11 is 5.53. The largest absolute Gasteiger partial charge is 0.480 e. The van der Waals surface area contributed by atoms with Crippen molar-refractivity contribution in [3.63, 3.8) is 0 Å². The standard InChI is InChI=1S/C12H18ClNO2/c13-6-3-7-14-10-5-2-1-4-9(10)8-11(14)12(15)16/h3,6,9-11H,1-2,4-5,7-8H2,(H,15,16). The molecule has 2 aliphatic rings. The number of carboxylic acid groups (broad SMARTS) is 1. The van der Waals surface area contributed by atoms with Crippen LogP contribution < -0.4 is 0 Å². The summed E-state index contributed by atoms with van der Waals surface area (Å²) in [6.07, 6.45) is 7.48. The SMILES string of the molecule is O=C(O)C1CC2CCCCC2N1CC=CCl. The molecule has 1 aliphatic heterocycles. The van der Waals surface area contributed by atoms with E-state index < -0.39 is 5.97 Å². The monoisotopic (exact) mass is 243 g/mol. The number of rotatable bonds is 3. The van der Waals surface area contributed by atoms with E-state index in [2.05, 4.69) is 4.90 Å². The average molecular weight is 244 g/mol. The van der Waals surface area contributed by atoms with Gasteiger partial charge in [0.25, 0.3) is 0 Å². The van der Waals surface area contributed by atoms with E-state index in [9.17, 15) is 9.90 Å². The molecule has 2 fully saturated rings. The Balaban J connectivity index is 2.10. The fourth-order valence-electron chi connectivity index (χ4n) is 3.22. The molecule has 3 atom stereocenters. The molecule has 3 nitrogen and oxygen atoms in total. The first-order valence-electron chi connectivity index (χ1n) is 5.98. The van der Waals surface area contributed by atoms with Crippen LogP contribution in [0.1, 0.15) is 32.1 Å². The highest BCUT2D eigenvalue weighted by Gasteiger charge is 2.44. The van der Waals surface area contributed by atoms with Crippen LogP contribution in [-0.4, -0.2) is 34.6 Å².